The Morgan fingerprint density at radius 2 is 1.91 bits per heavy atom. The van der Waals surface area contributed by atoms with Gasteiger partial charge in [-0.05, 0) is 37.3 Å². The van der Waals surface area contributed by atoms with E-state index in [9.17, 15) is 13.6 Å². The molecule has 7 nitrogen and oxygen atoms in total. The quantitative estimate of drug-likeness (QED) is 0.360. The number of nitrogens with zero attached hydrogens (tertiary/aromatic N) is 3. The molecule has 2 heterocycles. The highest BCUT2D eigenvalue weighted by atomic mass is 35.5. The molecule has 0 aliphatic heterocycles. The van der Waals surface area contributed by atoms with Gasteiger partial charge >= 0.3 is 5.97 Å². The molecule has 0 spiro atoms. The van der Waals surface area contributed by atoms with E-state index in [2.05, 4.69) is 20.0 Å². The van der Waals surface area contributed by atoms with Crippen LogP contribution in [0, 0.1) is 18.6 Å². The van der Waals surface area contributed by atoms with Crippen molar-refractivity contribution in [1.82, 2.24) is 14.5 Å². The average molecular weight is 487 g/mol. The third kappa shape index (κ3) is 4.38. The molecule has 0 unspecified atom stereocenters. The maximum atomic E-state index is 14.2. The van der Waals surface area contributed by atoms with E-state index in [0.29, 0.717) is 46.1 Å². The molecule has 0 saturated carbocycles. The van der Waals surface area contributed by atoms with Gasteiger partial charge in [-0.1, -0.05) is 11.6 Å². The van der Waals surface area contributed by atoms with Gasteiger partial charge in [0.25, 0.3) is 0 Å². The molecular formula is C24H21ClF2N4O3. The summed E-state index contributed by atoms with van der Waals surface area (Å²) >= 11 is 6.33. The van der Waals surface area contributed by atoms with E-state index in [1.54, 1.807) is 6.07 Å². The maximum absolute atomic E-state index is 14.2. The Hall–Kier alpha value is -3.72. The number of aryl methyl sites for hydroxylation is 1. The van der Waals surface area contributed by atoms with Gasteiger partial charge in [0.2, 0.25) is 0 Å². The van der Waals surface area contributed by atoms with E-state index in [1.807, 2.05) is 17.6 Å². The highest BCUT2D eigenvalue weighted by molar-refractivity contribution is 6.35. The van der Waals surface area contributed by atoms with E-state index in [4.69, 9.17) is 16.3 Å². The van der Waals surface area contributed by atoms with E-state index in [1.165, 1.54) is 44.8 Å². The molecule has 4 aromatic rings. The minimum absolute atomic E-state index is 0.153. The molecule has 34 heavy (non-hydrogen) atoms. The number of hydrogen-bond acceptors (Lipinski definition) is 6. The van der Waals surface area contributed by atoms with E-state index in [0.717, 1.165) is 5.69 Å². The second-order valence-corrected chi connectivity index (χ2v) is 7.88. The van der Waals surface area contributed by atoms with Crippen LogP contribution in [0.2, 0.25) is 5.02 Å². The van der Waals surface area contributed by atoms with Crippen molar-refractivity contribution in [3.63, 3.8) is 0 Å². The second-order valence-electron chi connectivity index (χ2n) is 7.47. The summed E-state index contributed by atoms with van der Waals surface area (Å²) in [6.45, 7) is 2.91. The molecule has 0 atom stereocenters. The van der Waals surface area contributed by atoms with Crippen LogP contribution in [0.3, 0.4) is 0 Å². The first kappa shape index (κ1) is 23.4. The zero-order valence-electron chi connectivity index (χ0n) is 18.7. The lowest BCUT2D eigenvalue weighted by molar-refractivity contribution is 0.0595. The summed E-state index contributed by atoms with van der Waals surface area (Å²) in [6.07, 6.45) is 1.37. The number of carbonyl (C=O) groups is 1. The Labute approximate surface area is 199 Å². The summed E-state index contributed by atoms with van der Waals surface area (Å²) in [6, 6.07) is 8.88. The summed E-state index contributed by atoms with van der Waals surface area (Å²) in [4.78, 5) is 20.2. The fourth-order valence-corrected chi connectivity index (χ4v) is 4.14. The number of methoxy groups -OCH3 is 2. The molecule has 1 N–H and O–H groups in total. The van der Waals surface area contributed by atoms with Crippen molar-refractivity contribution in [2.75, 3.05) is 26.1 Å². The van der Waals surface area contributed by atoms with Gasteiger partial charge in [0, 0.05) is 35.8 Å². The molecule has 0 amide bonds. The van der Waals surface area contributed by atoms with Crippen LogP contribution in [0.5, 0.6) is 5.75 Å². The van der Waals surface area contributed by atoms with Crippen LogP contribution in [0.4, 0.5) is 14.6 Å². The lowest BCUT2D eigenvalue weighted by Crippen LogP contribution is -2.12. The maximum Gasteiger partial charge on any atom is 0.340 e. The van der Waals surface area contributed by atoms with Crippen molar-refractivity contribution in [2.24, 2.45) is 0 Å². The first-order chi connectivity index (χ1) is 16.3. The number of anilines is 1. The molecule has 0 aliphatic rings. The number of aromatic nitrogens is 3. The summed E-state index contributed by atoms with van der Waals surface area (Å²) in [5.74, 6) is -1.26. The highest BCUT2D eigenvalue weighted by Crippen LogP contribution is 2.36. The number of hydrogen-bond donors (Lipinski definition) is 1. The standard InChI is InChI=1S/C24H21ClF2N4O3/c1-13-8-16-22(17(25)10-19(27)23(16)33-2)31(13)7-6-28-21-11-20(29-12-30-21)14-4-5-18(26)15(9-14)24(32)34-3/h4-5,8-12H,6-7H2,1-3H3,(H,28,29,30). The Kier molecular flexibility index (Phi) is 6.65. The van der Waals surface area contributed by atoms with Crippen LogP contribution in [-0.2, 0) is 11.3 Å². The lowest BCUT2D eigenvalue weighted by atomic mass is 10.1. The average Bonchev–Trinajstić information content (AvgIpc) is 3.15. The number of rotatable bonds is 7. The summed E-state index contributed by atoms with van der Waals surface area (Å²) in [5, 5.41) is 4.12. The van der Waals surface area contributed by atoms with Crippen molar-refractivity contribution >= 4 is 34.3 Å². The molecule has 176 valence electrons. The molecule has 0 saturated heterocycles. The van der Waals surface area contributed by atoms with Gasteiger partial charge in [-0.15, -0.1) is 0 Å². The van der Waals surface area contributed by atoms with Gasteiger partial charge < -0.3 is 19.4 Å². The third-order valence-electron chi connectivity index (χ3n) is 5.43. The Bertz CT molecular complexity index is 1390. The van der Waals surface area contributed by atoms with Crippen molar-refractivity contribution in [1.29, 1.82) is 0 Å². The Morgan fingerprint density at radius 1 is 1.12 bits per heavy atom. The normalized spacial score (nSPS) is 11.0. The van der Waals surface area contributed by atoms with Crippen LogP contribution >= 0.6 is 11.6 Å². The number of ether oxygens (including phenoxy) is 2. The number of fused-ring (bicyclic) bond motifs is 1. The van der Waals surface area contributed by atoms with Crippen LogP contribution in [0.15, 0.2) is 42.7 Å². The van der Waals surface area contributed by atoms with Crippen LogP contribution in [-0.4, -0.2) is 41.3 Å². The van der Waals surface area contributed by atoms with E-state index >= 15 is 0 Å². The minimum Gasteiger partial charge on any atom is -0.493 e. The van der Waals surface area contributed by atoms with Crippen molar-refractivity contribution in [3.8, 4) is 17.0 Å². The number of nitrogens with one attached hydrogen (secondary N) is 1. The molecule has 2 aromatic carbocycles. The molecule has 0 bridgehead atoms. The molecule has 0 aliphatic carbocycles. The zero-order chi connectivity index (χ0) is 24.4. The summed E-state index contributed by atoms with van der Waals surface area (Å²) in [7, 11) is 2.61. The predicted molar refractivity (Wildman–Crippen MR) is 125 cm³/mol. The largest absolute Gasteiger partial charge is 0.493 e. The third-order valence-corrected chi connectivity index (χ3v) is 5.71. The molecule has 2 aromatic heterocycles. The van der Waals surface area contributed by atoms with Gasteiger partial charge in [0.15, 0.2) is 11.6 Å². The van der Waals surface area contributed by atoms with Gasteiger partial charge in [-0.2, -0.15) is 0 Å². The second kappa shape index (κ2) is 9.64. The Morgan fingerprint density at radius 3 is 2.65 bits per heavy atom. The molecule has 0 fully saturated rings. The van der Waals surface area contributed by atoms with Crippen molar-refractivity contribution < 1.29 is 23.0 Å². The smallest absolute Gasteiger partial charge is 0.340 e. The highest BCUT2D eigenvalue weighted by Gasteiger charge is 2.18. The fourth-order valence-electron chi connectivity index (χ4n) is 3.84. The van der Waals surface area contributed by atoms with Crippen molar-refractivity contribution in [3.05, 3.63) is 70.6 Å². The number of benzene rings is 2. The van der Waals surface area contributed by atoms with Gasteiger partial charge in [0.05, 0.1) is 36.0 Å². The first-order valence-corrected chi connectivity index (χ1v) is 10.7. The van der Waals surface area contributed by atoms with Crippen LogP contribution in [0.25, 0.3) is 22.2 Å². The topological polar surface area (TPSA) is 78.3 Å². The Balaban J connectivity index is 1.55. The lowest BCUT2D eigenvalue weighted by Gasteiger charge is -2.12. The molecule has 0 radical (unpaired) electrons. The molecule has 10 heteroatoms. The molecular weight excluding hydrogens is 466 g/mol. The monoisotopic (exact) mass is 486 g/mol. The van der Waals surface area contributed by atoms with Gasteiger partial charge in [-0.3, -0.25) is 0 Å². The van der Waals surface area contributed by atoms with Crippen molar-refractivity contribution in [2.45, 2.75) is 13.5 Å². The predicted octanol–water partition coefficient (Wildman–Crippen LogP) is 5.25. The number of carbonyl (C=O) groups excluding carboxylic acids is 1. The summed E-state index contributed by atoms with van der Waals surface area (Å²) < 4.78 is 40.0. The van der Waals surface area contributed by atoms with Crippen LogP contribution < -0.4 is 10.1 Å². The SMILES string of the molecule is COC(=O)c1cc(-c2cc(NCCn3c(C)cc4c(OC)c(F)cc(Cl)c43)ncn2)ccc1F. The van der Waals surface area contributed by atoms with E-state index < -0.39 is 17.6 Å². The van der Waals surface area contributed by atoms with Crippen LogP contribution in [0.1, 0.15) is 16.1 Å². The fraction of sp³-hybridized carbons (Fsp3) is 0.208. The van der Waals surface area contributed by atoms with Gasteiger partial charge in [0.1, 0.15) is 18.0 Å². The number of esters is 1. The number of halogens is 3. The van der Waals surface area contributed by atoms with E-state index in [-0.39, 0.29) is 11.3 Å². The minimum atomic E-state index is -0.767. The van der Waals surface area contributed by atoms with Gasteiger partial charge in [-0.25, -0.2) is 23.5 Å². The molecule has 4 rings (SSSR count). The first-order valence-electron chi connectivity index (χ1n) is 10.3. The summed E-state index contributed by atoms with van der Waals surface area (Å²) in [5.41, 5.74) is 2.46. The zero-order valence-corrected chi connectivity index (χ0v) is 19.4.